The number of amides is 1. The van der Waals surface area contributed by atoms with E-state index in [0.29, 0.717) is 5.91 Å². The Labute approximate surface area is 127 Å². The lowest BCUT2D eigenvalue weighted by molar-refractivity contribution is -0.136. The third-order valence-electron chi connectivity index (χ3n) is 4.58. The van der Waals surface area contributed by atoms with Crippen molar-refractivity contribution in [1.82, 2.24) is 15.1 Å². The van der Waals surface area contributed by atoms with Crippen molar-refractivity contribution < 1.29 is 4.79 Å². The molecule has 2 aliphatic rings. The largest absolute Gasteiger partial charge is 0.340 e. The molecule has 1 aromatic carbocycles. The van der Waals surface area contributed by atoms with Gasteiger partial charge in [-0.2, -0.15) is 0 Å². The highest BCUT2D eigenvalue weighted by atomic mass is 16.2. The highest BCUT2D eigenvalue weighted by Crippen LogP contribution is 2.15. The first kappa shape index (κ1) is 14.5. The average Bonchev–Trinajstić information content (AvgIpc) is 3.01. The molecule has 21 heavy (non-hydrogen) atoms. The van der Waals surface area contributed by atoms with Crippen molar-refractivity contribution in [3.63, 3.8) is 0 Å². The second-order valence-electron chi connectivity index (χ2n) is 6.28. The van der Waals surface area contributed by atoms with Crippen LogP contribution in [0, 0.1) is 12.8 Å². The minimum absolute atomic E-state index is 0.216. The molecule has 0 aromatic heterocycles. The van der Waals surface area contributed by atoms with E-state index >= 15 is 0 Å². The van der Waals surface area contributed by atoms with Gasteiger partial charge in [0.2, 0.25) is 5.91 Å². The maximum Gasteiger partial charge on any atom is 0.227 e. The number of hydrogen-bond donors (Lipinski definition) is 1. The van der Waals surface area contributed by atoms with E-state index in [4.69, 9.17) is 0 Å². The molecule has 0 aliphatic carbocycles. The lowest BCUT2D eigenvalue weighted by atomic mass is 10.1. The molecule has 2 aliphatic heterocycles. The van der Waals surface area contributed by atoms with E-state index in [1.165, 1.54) is 11.1 Å². The Hall–Kier alpha value is -1.39. The predicted molar refractivity (Wildman–Crippen MR) is 84.0 cm³/mol. The molecule has 0 unspecified atom stereocenters. The summed E-state index contributed by atoms with van der Waals surface area (Å²) < 4.78 is 0. The molecule has 4 nitrogen and oxygen atoms in total. The number of benzene rings is 1. The molecule has 1 atom stereocenters. The molecular formula is C17H25N3O. The minimum atomic E-state index is 0.216. The molecule has 2 fully saturated rings. The van der Waals surface area contributed by atoms with Gasteiger partial charge in [0.25, 0.3) is 0 Å². The van der Waals surface area contributed by atoms with E-state index in [2.05, 4.69) is 46.3 Å². The molecule has 0 radical (unpaired) electrons. The van der Waals surface area contributed by atoms with E-state index in [1.54, 1.807) is 0 Å². The van der Waals surface area contributed by atoms with Crippen LogP contribution < -0.4 is 5.32 Å². The third-order valence-corrected chi connectivity index (χ3v) is 4.58. The molecular weight excluding hydrogens is 262 g/mol. The molecule has 2 saturated heterocycles. The standard InChI is InChI=1S/C17H25N3O/c1-14-3-2-4-15(11-14)13-19-7-9-20(10-8-19)17(21)16-5-6-18-12-16/h2-4,11,16,18H,5-10,12-13H2,1H3/t16-/m0/s1. The Kier molecular flexibility index (Phi) is 4.56. The summed E-state index contributed by atoms with van der Waals surface area (Å²) in [4.78, 5) is 16.9. The summed E-state index contributed by atoms with van der Waals surface area (Å²) in [5.41, 5.74) is 2.69. The Morgan fingerprint density at radius 2 is 2.10 bits per heavy atom. The number of nitrogens with one attached hydrogen (secondary N) is 1. The monoisotopic (exact) mass is 287 g/mol. The summed E-state index contributed by atoms with van der Waals surface area (Å²) in [6.45, 7) is 8.71. The third kappa shape index (κ3) is 3.63. The summed E-state index contributed by atoms with van der Waals surface area (Å²) in [6.07, 6.45) is 1.00. The van der Waals surface area contributed by atoms with E-state index in [1.807, 2.05) is 0 Å². The lowest BCUT2D eigenvalue weighted by Gasteiger charge is -2.36. The summed E-state index contributed by atoms with van der Waals surface area (Å²) >= 11 is 0. The quantitative estimate of drug-likeness (QED) is 0.909. The van der Waals surface area contributed by atoms with Crippen LogP contribution in [0.15, 0.2) is 24.3 Å². The fourth-order valence-corrected chi connectivity index (χ4v) is 3.32. The number of rotatable bonds is 3. The number of carbonyl (C=O) groups excluding carboxylic acids is 1. The summed E-state index contributed by atoms with van der Waals surface area (Å²) in [5, 5.41) is 3.28. The zero-order valence-electron chi connectivity index (χ0n) is 12.8. The van der Waals surface area contributed by atoms with Crippen LogP contribution in [-0.4, -0.2) is 55.0 Å². The van der Waals surface area contributed by atoms with Crippen LogP contribution in [0.1, 0.15) is 17.5 Å². The Morgan fingerprint density at radius 3 is 2.76 bits per heavy atom. The van der Waals surface area contributed by atoms with Gasteiger partial charge in [-0.1, -0.05) is 29.8 Å². The molecule has 114 valence electrons. The summed E-state index contributed by atoms with van der Waals surface area (Å²) in [5.74, 6) is 0.573. The normalized spacial score (nSPS) is 23.5. The van der Waals surface area contributed by atoms with E-state index in [-0.39, 0.29) is 5.92 Å². The first-order valence-corrected chi connectivity index (χ1v) is 8.00. The molecule has 1 aromatic rings. The van der Waals surface area contributed by atoms with Crippen molar-refractivity contribution in [1.29, 1.82) is 0 Å². The fourth-order valence-electron chi connectivity index (χ4n) is 3.32. The average molecular weight is 287 g/mol. The van der Waals surface area contributed by atoms with Gasteiger partial charge in [-0.05, 0) is 25.5 Å². The van der Waals surface area contributed by atoms with Crippen LogP contribution in [0.3, 0.4) is 0 Å². The number of nitrogens with zero attached hydrogens (tertiary/aromatic N) is 2. The maximum absolute atomic E-state index is 12.4. The zero-order chi connectivity index (χ0) is 14.7. The maximum atomic E-state index is 12.4. The van der Waals surface area contributed by atoms with Crippen molar-refractivity contribution in [2.24, 2.45) is 5.92 Å². The second kappa shape index (κ2) is 6.58. The molecule has 0 saturated carbocycles. The Balaban J connectivity index is 1.49. The highest BCUT2D eigenvalue weighted by Gasteiger charge is 2.29. The van der Waals surface area contributed by atoms with Crippen molar-refractivity contribution in [3.05, 3.63) is 35.4 Å². The molecule has 3 rings (SSSR count). The molecule has 1 N–H and O–H groups in total. The van der Waals surface area contributed by atoms with Crippen LogP contribution in [0.25, 0.3) is 0 Å². The van der Waals surface area contributed by atoms with Crippen LogP contribution in [-0.2, 0) is 11.3 Å². The number of carbonyl (C=O) groups is 1. The van der Waals surface area contributed by atoms with Crippen molar-refractivity contribution in [2.45, 2.75) is 19.9 Å². The summed E-state index contributed by atoms with van der Waals surface area (Å²) in [7, 11) is 0. The predicted octanol–water partition coefficient (Wildman–Crippen LogP) is 1.25. The minimum Gasteiger partial charge on any atom is -0.340 e. The lowest BCUT2D eigenvalue weighted by Crippen LogP contribution is -2.50. The van der Waals surface area contributed by atoms with E-state index in [9.17, 15) is 4.79 Å². The van der Waals surface area contributed by atoms with Gasteiger partial charge in [0.1, 0.15) is 0 Å². The highest BCUT2D eigenvalue weighted by molar-refractivity contribution is 5.79. The van der Waals surface area contributed by atoms with Crippen LogP contribution in [0.4, 0.5) is 0 Å². The smallest absolute Gasteiger partial charge is 0.227 e. The van der Waals surface area contributed by atoms with Gasteiger partial charge in [0.15, 0.2) is 0 Å². The first-order valence-electron chi connectivity index (χ1n) is 8.00. The van der Waals surface area contributed by atoms with Gasteiger partial charge in [-0.15, -0.1) is 0 Å². The zero-order valence-corrected chi connectivity index (χ0v) is 12.8. The Morgan fingerprint density at radius 1 is 1.29 bits per heavy atom. The number of piperazine rings is 1. The second-order valence-corrected chi connectivity index (χ2v) is 6.28. The number of aryl methyl sites for hydroxylation is 1. The van der Waals surface area contributed by atoms with Crippen LogP contribution in [0.2, 0.25) is 0 Å². The topological polar surface area (TPSA) is 35.6 Å². The molecule has 0 spiro atoms. The number of hydrogen-bond acceptors (Lipinski definition) is 3. The van der Waals surface area contributed by atoms with Gasteiger partial charge in [0.05, 0.1) is 5.92 Å². The Bertz CT molecular complexity index is 489. The van der Waals surface area contributed by atoms with Gasteiger partial charge in [0, 0.05) is 39.3 Å². The van der Waals surface area contributed by atoms with E-state index < -0.39 is 0 Å². The summed E-state index contributed by atoms with van der Waals surface area (Å²) in [6, 6.07) is 8.70. The van der Waals surface area contributed by atoms with Gasteiger partial charge < -0.3 is 10.2 Å². The SMILES string of the molecule is Cc1cccc(CN2CCN(C(=O)[C@H]3CCNC3)CC2)c1. The molecule has 4 heteroatoms. The van der Waals surface area contributed by atoms with E-state index in [0.717, 1.165) is 52.2 Å². The van der Waals surface area contributed by atoms with Crippen molar-refractivity contribution in [3.8, 4) is 0 Å². The van der Waals surface area contributed by atoms with Crippen LogP contribution >= 0.6 is 0 Å². The van der Waals surface area contributed by atoms with Crippen molar-refractivity contribution >= 4 is 5.91 Å². The molecule has 1 amide bonds. The van der Waals surface area contributed by atoms with Gasteiger partial charge in [-0.25, -0.2) is 0 Å². The molecule has 0 bridgehead atoms. The van der Waals surface area contributed by atoms with Gasteiger partial charge in [-0.3, -0.25) is 9.69 Å². The van der Waals surface area contributed by atoms with Crippen LogP contribution in [0.5, 0.6) is 0 Å². The van der Waals surface area contributed by atoms with Gasteiger partial charge >= 0.3 is 0 Å². The first-order chi connectivity index (χ1) is 10.2. The molecule has 2 heterocycles. The fraction of sp³-hybridized carbons (Fsp3) is 0.588. The van der Waals surface area contributed by atoms with Crippen molar-refractivity contribution in [2.75, 3.05) is 39.3 Å².